The topological polar surface area (TPSA) is 45.2 Å². The van der Waals surface area contributed by atoms with Gasteiger partial charge in [-0.3, -0.25) is 9.69 Å². The number of anilines is 2. The van der Waals surface area contributed by atoms with Gasteiger partial charge in [-0.25, -0.2) is 4.98 Å². The number of fused-ring (bicyclic) bond motifs is 1. The lowest BCUT2D eigenvalue weighted by Gasteiger charge is -2.34. The molecule has 0 saturated carbocycles. The molecule has 0 aliphatic carbocycles. The summed E-state index contributed by atoms with van der Waals surface area (Å²) < 4.78 is 0.909. The van der Waals surface area contributed by atoms with E-state index < -0.39 is 0 Å². The van der Waals surface area contributed by atoms with Crippen LogP contribution in [0.25, 0.3) is 0 Å². The molecule has 0 fully saturated rings. The van der Waals surface area contributed by atoms with Crippen molar-refractivity contribution in [3.05, 3.63) is 16.7 Å². The molecule has 1 unspecified atom stereocenters. The lowest BCUT2D eigenvalue weighted by atomic mass is 10.2. The number of pyridine rings is 1. The number of halogens is 1. The van der Waals surface area contributed by atoms with Gasteiger partial charge in [-0.05, 0) is 28.9 Å². The number of carbonyl (C=O) groups is 1. The molecule has 4 nitrogen and oxygen atoms in total. The molecule has 0 saturated heterocycles. The maximum atomic E-state index is 11.5. The summed E-state index contributed by atoms with van der Waals surface area (Å²) in [5.74, 6) is 0.740. The van der Waals surface area contributed by atoms with Crippen molar-refractivity contribution in [2.24, 2.45) is 0 Å². The summed E-state index contributed by atoms with van der Waals surface area (Å²) in [6, 6.07) is 2.08. The fourth-order valence-electron chi connectivity index (χ4n) is 1.77. The smallest absolute Gasteiger partial charge is 0.225 e. The van der Waals surface area contributed by atoms with Crippen LogP contribution >= 0.6 is 15.9 Å². The normalized spacial score (nSPS) is 19.4. The lowest BCUT2D eigenvalue weighted by Crippen LogP contribution is -2.45. The third kappa shape index (κ3) is 1.84. The molecule has 1 aromatic rings. The van der Waals surface area contributed by atoms with E-state index in [0.717, 1.165) is 16.7 Å². The molecule has 2 rings (SSSR count). The van der Waals surface area contributed by atoms with Gasteiger partial charge in [0, 0.05) is 24.1 Å². The van der Waals surface area contributed by atoms with Crippen LogP contribution in [0, 0.1) is 0 Å². The van der Waals surface area contributed by atoms with Gasteiger partial charge < -0.3 is 5.32 Å². The Balaban J connectivity index is 2.48. The second-order valence-corrected chi connectivity index (χ2v) is 4.56. The van der Waals surface area contributed by atoms with E-state index in [-0.39, 0.29) is 11.9 Å². The molecule has 1 N–H and O–H groups in total. The minimum absolute atomic E-state index is 0.0278. The molecule has 1 amide bonds. The van der Waals surface area contributed by atoms with Crippen LogP contribution in [0.2, 0.25) is 0 Å². The lowest BCUT2D eigenvalue weighted by molar-refractivity contribution is -0.117. The van der Waals surface area contributed by atoms with Crippen LogP contribution in [0.4, 0.5) is 11.5 Å². The highest BCUT2D eigenvalue weighted by Crippen LogP contribution is 2.31. The zero-order valence-electron chi connectivity index (χ0n) is 8.62. The number of nitrogens with one attached hydrogen (secondary N) is 1. The molecule has 0 radical (unpaired) electrons. The van der Waals surface area contributed by atoms with Crippen LogP contribution in [0.5, 0.6) is 0 Å². The second kappa shape index (κ2) is 3.81. The summed E-state index contributed by atoms with van der Waals surface area (Å²) in [7, 11) is 0. The summed E-state index contributed by atoms with van der Waals surface area (Å²) in [4.78, 5) is 17.5. The Morgan fingerprint density at radius 1 is 1.73 bits per heavy atom. The molecule has 2 heterocycles. The van der Waals surface area contributed by atoms with Crippen molar-refractivity contribution in [1.82, 2.24) is 4.98 Å². The summed E-state index contributed by atoms with van der Waals surface area (Å²) in [5.41, 5.74) is 0.901. The average molecular weight is 270 g/mol. The molecule has 1 aliphatic rings. The zero-order valence-corrected chi connectivity index (χ0v) is 10.2. The first-order chi connectivity index (χ1) is 7.09. The SMILES string of the molecule is CC(=O)N1c2ncc(Br)cc2NCC1C. The van der Waals surface area contributed by atoms with Gasteiger partial charge in [0.2, 0.25) is 5.91 Å². The summed E-state index contributed by atoms with van der Waals surface area (Å²) in [5, 5.41) is 3.25. The number of nitrogens with zero attached hydrogens (tertiary/aromatic N) is 2. The molecule has 1 atom stereocenters. The van der Waals surface area contributed by atoms with Crippen LogP contribution in [0.3, 0.4) is 0 Å². The summed E-state index contributed by atoms with van der Waals surface area (Å²) >= 11 is 3.36. The van der Waals surface area contributed by atoms with Crippen molar-refractivity contribution in [3.8, 4) is 0 Å². The Kier molecular flexibility index (Phi) is 2.65. The van der Waals surface area contributed by atoms with Gasteiger partial charge in [-0.2, -0.15) is 0 Å². The number of aromatic nitrogens is 1. The molecule has 5 heteroatoms. The van der Waals surface area contributed by atoms with Crippen LogP contribution in [0.15, 0.2) is 16.7 Å². The standard InChI is InChI=1S/C10H12BrN3O/c1-6-4-12-9-3-8(11)5-13-10(9)14(6)7(2)15/h3,5-6,12H,4H2,1-2H3. The third-order valence-electron chi connectivity index (χ3n) is 2.43. The Labute approximate surface area is 96.8 Å². The highest BCUT2D eigenvalue weighted by molar-refractivity contribution is 9.10. The molecule has 80 valence electrons. The van der Waals surface area contributed by atoms with Gasteiger partial charge in [-0.15, -0.1) is 0 Å². The van der Waals surface area contributed by atoms with E-state index in [1.807, 2.05) is 13.0 Å². The number of rotatable bonds is 0. The van der Waals surface area contributed by atoms with Crippen molar-refractivity contribution in [2.45, 2.75) is 19.9 Å². The molecule has 1 aliphatic heterocycles. The third-order valence-corrected chi connectivity index (χ3v) is 2.86. The molecule has 15 heavy (non-hydrogen) atoms. The predicted molar refractivity (Wildman–Crippen MR) is 63.0 cm³/mol. The van der Waals surface area contributed by atoms with Crippen LogP contribution in [-0.4, -0.2) is 23.5 Å². The van der Waals surface area contributed by atoms with Gasteiger partial charge in [-0.1, -0.05) is 0 Å². The Hall–Kier alpha value is -1.10. The summed E-state index contributed by atoms with van der Waals surface area (Å²) in [6.45, 7) is 4.32. The Morgan fingerprint density at radius 2 is 2.47 bits per heavy atom. The second-order valence-electron chi connectivity index (χ2n) is 3.64. The Bertz CT molecular complexity index is 408. The van der Waals surface area contributed by atoms with Gasteiger partial charge in [0.1, 0.15) is 0 Å². The van der Waals surface area contributed by atoms with E-state index in [4.69, 9.17) is 0 Å². The van der Waals surface area contributed by atoms with Crippen molar-refractivity contribution < 1.29 is 4.79 Å². The minimum atomic E-state index is 0.0278. The Morgan fingerprint density at radius 3 is 3.13 bits per heavy atom. The van der Waals surface area contributed by atoms with Crippen molar-refractivity contribution in [2.75, 3.05) is 16.8 Å². The fraction of sp³-hybridized carbons (Fsp3) is 0.400. The first-order valence-corrected chi connectivity index (χ1v) is 5.58. The monoisotopic (exact) mass is 269 g/mol. The van der Waals surface area contributed by atoms with Crippen LogP contribution < -0.4 is 10.2 Å². The van der Waals surface area contributed by atoms with E-state index in [2.05, 4.69) is 26.2 Å². The molecule has 0 spiro atoms. The number of hydrogen-bond acceptors (Lipinski definition) is 3. The quantitative estimate of drug-likeness (QED) is 0.784. The maximum absolute atomic E-state index is 11.5. The molecular formula is C10H12BrN3O. The van der Waals surface area contributed by atoms with Gasteiger partial charge in [0.25, 0.3) is 0 Å². The van der Waals surface area contributed by atoms with Gasteiger partial charge >= 0.3 is 0 Å². The van der Waals surface area contributed by atoms with E-state index >= 15 is 0 Å². The van der Waals surface area contributed by atoms with E-state index in [9.17, 15) is 4.79 Å². The highest BCUT2D eigenvalue weighted by atomic mass is 79.9. The molecular weight excluding hydrogens is 258 g/mol. The van der Waals surface area contributed by atoms with Crippen molar-refractivity contribution in [3.63, 3.8) is 0 Å². The maximum Gasteiger partial charge on any atom is 0.225 e. The fourth-order valence-corrected chi connectivity index (χ4v) is 2.10. The number of amides is 1. The van der Waals surface area contributed by atoms with E-state index in [1.54, 1.807) is 18.0 Å². The molecule has 0 aromatic carbocycles. The number of hydrogen-bond donors (Lipinski definition) is 1. The highest BCUT2D eigenvalue weighted by Gasteiger charge is 2.26. The van der Waals surface area contributed by atoms with Crippen molar-refractivity contribution >= 4 is 33.3 Å². The van der Waals surface area contributed by atoms with Gasteiger partial charge in [0.15, 0.2) is 5.82 Å². The van der Waals surface area contributed by atoms with Gasteiger partial charge in [0.05, 0.1) is 11.7 Å². The first-order valence-electron chi connectivity index (χ1n) is 4.79. The minimum Gasteiger partial charge on any atom is -0.380 e. The van der Waals surface area contributed by atoms with Crippen molar-refractivity contribution in [1.29, 1.82) is 0 Å². The van der Waals surface area contributed by atoms with Crippen LogP contribution in [0.1, 0.15) is 13.8 Å². The largest absolute Gasteiger partial charge is 0.380 e. The van der Waals surface area contributed by atoms with Crippen LogP contribution in [-0.2, 0) is 4.79 Å². The molecule has 1 aromatic heterocycles. The first kappa shape index (κ1) is 10.4. The average Bonchev–Trinajstić information content (AvgIpc) is 2.17. The predicted octanol–water partition coefficient (Wildman–Crippen LogP) is 2.01. The van der Waals surface area contributed by atoms with E-state index in [0.29, 0.717) is 5.82 Å². The summed E-state index contributed by atoms with van der Waals surface area (Å²) in [6.07, 6.45) is 1.70. The molecule has 0 bridgehead atoms. The van der Waals surface area contributed by atoms with E-state index in [1.165, 1.54) is 0 Å². The zero-order chi connectivity index (χ0) is 11.0. The number of carbonyl (C=O) groups excluding carboxylic acids is 1.